The molecule has 0 bridgehead atoms. The number of rotatable bonds is 2. The molecule has 1 aromatic rings. The van der Waals surface area contributed by atoms with E-state index >= 15 is 0 Å². The van der Waals surface area contributed by atoms with Crippen molar-refractivity contribution in [1.29, 1.82) is 0 Å². The van der Waals surface area contributed by atoms with Gasteiger partial charge in [0, 0.05) is 24.7 Å². The van der Waals surface area contributed by atoms with Gasteiger partial charge in [0.2, 0.25) is 0 Å². The Bertz CT molecular complexity index is 385. The largest absolute Gasteiger partial charge is 0.298 e. The van der Waals surface area contributed by atoms with E-state index in [1.807, 2.05) is 36.3 Å². The number of benzene rings is 1. The van der Waals surface area contributed by atoms with Crippen LogP contribution in [0.5, 0.6) is 0 Å². The molecule has 2 rings (SSSR count). The Balaban J connectivity index is 2.41. The van der Waals surface area contributed by atoms with Crippen LogP contribution in [0.3, 0.4) is 0 Å². The first-order chi connectivity index (χ1) is 6.81. The lowest BCUT2D eigenvalue weighted by molar-refractivity contribution is 0.112. The smallest absolute Gasteiger partial charge is 0.152 e. The summed E-state index contributed by atoms with van der Waals surface area (Å²) >= 11 is 0. The number of hydrogen-bond donors (Lipinski definition) is 0. The van der Waals surface area contributed by atoms with Gasteiger partial charge in [-0.1, -0.05) is 11.6 Å². The highest BCUT2D eigenvalue weighted by atomic mass is 16.1. The van der Waals surface area contributed by atoms with Crippen LogP contribution in [-0.4, -0.2) is 19.0 Å². The van der Waals surface area contributed by atoms with Crippen LogP contribution in [0.15, 0.2) is 23.3 Å². The summed E-state index contributed by atoms with van der Waals surface area (Å²) in [5.74, 6) is 0. The highest BCUT2D eigenvalue weighted by Gasteiger charge is 2.12. The molecule has 1 aliphatic rings. The Kier molecular flexibility index (Phi) is 2.31. The zero-order valence-corrected chi connectivity index (χ0v) is 8.10. The van der Waals surface area contributed by atoms with E-state index in [0.29, 0.717) is 5.56 Å². The predicted octanol–water partition coefficient (Wildman–Crippen LogP) is 2.00. The fourth-order valence-electron chi connectivity index (χ4n) is 1.58. The number of anilines is 1. The Labute approximate surface area is 83.0 Å². The minimum Gasteiger partial charge on any atom is -0.298 e. The van der Waals surface area contributed by atoms with Crippen molar-refractivity contribution in [3.63, 3.8) is 0 Å². The lowest BCUT2D eigenvalue weighted by Gasteiger charge is -2.15. The second-order valence-corrected chi connectivity index (χ2v) is 3.39. The molecule has 72 valence electrons. The van der Waals surface area contributed by atoms with Gasteiger partial charge in [-0.05, 0) is 19.1 Å². The standard InChI is InChI=1S/C11H12N2O/c1-9-3-4-11(10(7-9)8-14)13-6-2-5-12-13/h3-5,7-8H,2,6H2,1H3. The molecule has 0 atom stereocenters. The first-order valence-corrected chi connectivity index (χ1v) is 4.67. The van der Waals surface area contributed by atoms with Crippen molar-refractivity contribution in [3.05, 3.63) is 29.3 Å². The lowest BCUT2D eigenvalue weighted by Crippen LogP contribution is -2.13. The normalized spacial score (nSPS) is 14.8. The van der Waals surface area contributed by atoms with Gasteiger partial charge < -0.3 is 0 Å². The second kappa shape index (κ2) is 3.62. The molecule has 1 aromatic carbocycles. The van der Waals surface area contributed by atoms with Gasteiger partial charge in [0.05, 0.1) is 5.69 Å². The number of aryl methyl sites for hydroxylation is 1. The van der Waals surface area contributed by atoms with Crippen molar-refractivity contribution in [1.82, 2.24) is 0 Å². The molecule has 3 nitrogen and oxygen atoms in total. The molecule has 1 aliphatic heterocycles. The molecule has 0 unspecified atom stereocenters. The van der Waals surface area contributed by atoms with E-state index in [4.69, 9.17) is 0 Å². The van der Waals surface area contributed by atoms with Crippen molar-refractivity contribution >= 4 is 18.2 Å². The van der Waals surface area contributed by atoms with Crippen molar-refractivity contribution in [2.45, 2.75) is 13.3 Å². The van der Waals surface area contributed by atoms with Gasteiger partial charge in [-0.3, -0.25) is 9.80 Å². The molecule has 3 heteroatoms. The molecule has 0 radical (unpaired) electrons. The first kappa shape index (κ1) is 8.94. The predicted molar refractivity (Wildman–Crippen MR) is 57.0 cm³/mol. The quantitative estimate of drug-likeness (QED) is 0.665. The maximum Gasteiger partial charge on any atom is 0.152 e. The minimum absolute atomic E-state index is 0.712. The Morgan fingerprint density at radius 1 is 1.50 bits per heavy atom. The third-order valence-electron chi connectivity index (χ3n) is 2.28. The summed E-state index contributed by atoms with van der Waals surface area (Å²) in [4.78, 5) is 10.9. The molecule has 0 aromatic heterocycles. The van der Waals surface area contributed by atoms with E-state index in [9.17, 15) is 4.79 Å². The number of aldehydes is 1. The monoisotopic (exact) mass is 188 g/mol. The average Bonchev–Trinajstić information content (AvgIpc) is 2.70. The van der Waals surface area contributed by atoms with Crippen LogP contribution < -0.4 is 5.01 Å². The molecule has 1 heterocycles. The molecule has 0 spiro atoms. The van der Waals surface area contributed by atoms with E-state index in [-0.39, 0.29) is 0 Å². The fourth-order valence-corrected chi connectivity index (χ4v) is 1.58. The van der Waals surface area contributed by atoms with Crippen LogP contribution in [-0.2, 0) is 0 Å². The number of hydrogen-bond acceptors (Lipinski definition) is 3. The summed E-state index contributed by atoms with van der Waals surface area (Å²) in [6.45, 7) is 2.84. The van der Waals surface area contributed by atoms with Crippen molar-refractivity contribution in [3.8, 4) is 0 Å². The average molecular weight is 188 g/mol. The zero-order valence-electron chi connectivity index (χ0n) is 8.10. The molecule has 0 N–H and O–H groups in total. The number of carbonyl (C=O) groups excluding carboxylic acids is 1. The van der Waals surface area contributed by atoms with Crippen molar-refractivity contribution < 1.29 is 4.79 Å². The Hall–Kier alpha value is -1.64. The third kappa shape index (κ3) is 1.53. The first-order valence-electron chi connectivity index (χ1n) is 4.67. The highest BCUT2D eigenvalue weighted by molar-refractivity contribution is 5.85. The molecule has 0 fully saturated rings. The molecule has 0 amide bonds. The molecular formula is C11H12N2O. The summed E-state index contributed by atoms with van der Waals surface area (Å²) in [7, 11) is 0. The van der Waals surface area contributed by atoms with Gasteiger partial charge in [-0.15, -0.1) is 0 Å². The molecule has 0 saturated heterocycles. The van der Waals surface area contributed by atoms with Crippen molar-refractivity contribution in [2.24, 2.45) is 5.10 Å². The van der Waals surface area contributed by atoms with Gasteiger partial charge in [0.1, 0.15) is 0 Å². The van der Waals surface area contributed by atoms with Gasteiger partial charge >= 0.3 is 0 Å². The lowest BCUT2D eigenvalue weighted by atomic mass is 10.1. The Morgan fingerprint density at radius 2 is 2.36 bits per heavy atom. The summed E-state index contributed by atoms with van der Waals surface area (Å²) < 4.78 is 0. The van der Waals surface area contributed by atoms with Crippen molar-refractivity contribution in [2.75, 3.05) is 11.6 Å². The zero-order chi connectivity index (χ0) is 9.97. The summed E-state index contributed by atoms with van der Waals surface area (Å²) in [6.07, 6.45) is 3.71. The van der Waals surface area contributed by atoms with Crippen LogP contribution in [0.25, 0.3) is 0 Å². The number of carbonyl (C=O) groups is 1. The van der Waals surface area contributed by atoms with Crippen LogP contribution in [0, 0.1) is 6.92 Å². The van der Waals surface area contributed by atoms with E-state index < -0.39 is 0 Å². The molecule has 0 aliphatic carbocycles. The highest BCUT2D eigenvalue weighted by Crippen LogP contribution is 2.22. The van der Waals surface area contributed by atoms with E-state index in [1.165, 1.54) is 0 Å². The van der Waals surface area contributed by atoms with Gasteiger partial charge in [-0.25, -0.2) is 0 Å². The van der Waals surface area contributed by atoms with E-state index in [0.717, 1.165) is 30.5 Å². The van der Waals surface area contributed by atoms with Crippen LogP contribution in [0.2, 0.25) is 0 Å². The number of hydrazone groups is 1. The summed E-state index contributed by atoms with van der Waals surface area (Å²) in [5.41, 5.74) is 2.71. The molecule has 14 heavy (non-hydrogen) atoms. The maximum atomic E-state index is 10.9. The maximum absolute atomic E-state index is 10.9. The topological polar surface area (TPSA) is 32.7 Å². The molecule has 0 saturated carbocycles. The minimum atomic E-state index is 0.712. The van der Waals surface area contributed by atoms with E-state index in [1.54, 1.807) is 0 Å². The number of nitrogens with zero attached hydrogens (tertiary/aromatic N) is 2. The van der Waals surface area contributed by atoms with Crippen LogP contribution in [0.1, 0.15) is 22.3 Å². The molecular weight excluding hydrogens is 176 g/mol. The second-order valence-electron chi connectivity index (χ2n) is 3.39. The Morgan fingerprint density at radius 3 is 3.00 bits per heavy atom. The van der Waals surface area contributed by atoms with Gasteiger partial charge in [0.25, 0.3) is 0 Å². The SMILES string of the molecule is Cc1ccc(N2CCC=N2)c(C=O)c1. The van der Waals surface area contributed by atoms with Gasteiger partial charge in [-0.2, -0.15) is 5.10 Å². The summed E-state index contributed by atoms with van der Waals surface area (Å²) in [6, 6.07) is 5.83. The summed E-state index contributed by atoms with van der Waals surface area (Å²) in [5, 5.41) is 6.06. The van der Waals surface area contributed by atoms with Crippen LogP contribution >= 0.6 is 0 Å². The third-order valence-corrected chi connectivity index (χ3v) is 2.28. The van der Waals surface area contributed by atoms with Gasteiger partial charge in [0.15, 0.2) is 6.29 Å². The van der Waals surface area contributed by atoms with Crippen LogP contribution in [0.4, 0.5) is 5.69 Å². The van der Waals surface area contributed by atoms with E-state index in [2.05, 4.69) is 5.10 Å². The fraction of sp³-hybridized carbons (Fsp3) is 0.273.